The molecule has 0 spiro atoms. The van der Waals surface area contributed by atoms with E-state index < -0.39 is 0 Å². The van der Waals surface area contributed by atoms with Gasteiger partial charge in [-0.1, -0.05) is 45.2 Å². The molecule has 2 heterocycles. The highest BCUT2D eigenvalue weighted by molar-refractivity contribution is 7.17. The summed E-state index contributed by atoms with van der Waals surface area (Å²) in [6, 6.07) is 12.4. The van der Waals surface area contributed by atoms with Crippen LogP contribution in [0.1, 0.15) is 74.8 Å². The standard InChI is InChI=1S/C26H33N3O2S/c1-4-28(21-12-8-9-19(15-21)18(2)3)25(30)17-29-22-13-14-32-24(22)16-23(29)26(31)27-20-10-6-5-7-11-20/h8-9,12-16,18,20H,4-7,10-11,17H2,1-3H3,(H,27,31). The lowest BCUT2D eigenvalue weighted by Crippen LogP contribution is -2.38. The third-order valence-electron chi connectivity index (χ3n) is 6.46. The van der Waals surface area contributed by atoms with Crippen LogP contribution in [0, 0.1) is 0 Å². The predicted octanol–water partition coefficient (Wildman–Crippen LogP) is 5.94. The summed E-state index contributed by atoms with van der Waals surface area (Å²) < 4.78 is 2.93. The summed E-state index contributed by atoms with van der Waals surface area (Å²) in [6.45, 7) is 7.03. The van der Waals surface area contributed by atoms with Crippen molar-refractivity contribution in [1.82, 2.24) is 9.88 Å². The zero-order valence-electron chi connectivity index (χ0n) is 19.3. The summed E-state index contributed by atoms with van der Waals surface area (Å²) in [6.07, 6.45) is 5.66. The van der Waals surface area contributed by atoms with Crippen LogP contribution in [0.3, 0.4) is 0 Å². The summed E-state index contributed by atoms with van der Waals surface area (Å²) in [4.78, 5) is 28.4. The average molecular weight is 452 g/mol. The van der Waals surface area contributed by atoms with E-state index in [1.807, 2.05) is 46.0 Å². The van der Waals surface area contributed by atoms with Gasteiger partial charge in [0.15, 0.2) is 0 Å². The molecule has 0 atom stereocenters. The molecule has 1 N–H and O–H groups in total. The van der Waals surface area contributed by atoms with E-state index in [0.29, 0.717) is 18.2 Å². The van der Waals surface area contributed by atoms with Gasteiger partial charge < -0.3 is 14.8 Å². The molecule has 3 aromatic rings. The molecular formula is C26H33N3O2S. The number of amides is 2. The minimum atomic E-state index is -0.0713. The smallest absolute Gasteiger partial charge is 0.268 e. The van der Waals surface area contributed by atoms with E-state index in [9.17, 15) is 9.59 Å². The Morgan fingerprint density at radius 3 is 2.66 bits per heavy atom. The van der Waals surface area contributed by atoms with Crippen LogP contribution < -0.4 is 10.2 Å². The van der Waals surface area contributed by atoms with Crippen LogP contribution in [-0.2, 0) is 11.3 Å². The van der Waals surface area contributed by atoms with E-state index in [-0.39, 0.29) is 24.4 Å². The number of hydrogen-bond acceptors (Lipinski definition) is 3. The van der Waals surface area contributed by atoms with Gasteiger partial charge in [-0.25, -0.2) is 0 Å². The molecule has 170 valence electrons. The van der Waals surface area contributed by atoms with E-state index in [1.165, 1.54) is 24.8 Å². The second-order valence-corrected chi connectivity index (χ2v) is 9.93. The molecule has 0 bridgehead atoms. The highest BCUT2D eigenvalue weighted by Gasteiger charge is 2.24. The summed E-state index contributed by atoms with van der Waals surface area (Å²) >= 11 is 1.60. The van der Waals surface area contributed by atoms with Crippen LogP contribution in [0.25, 0.3) is 10.2 Å². The summed E-state index contributed by atoms with van der Waals surface area (Å²) in [5.41, 5.74) is 3.65. The fourth-order valence-electron chi connectivity index (χ4n) is 4.62. The van der Waals surface area contributed by atoms with Crippen LogP contribution in [-0.4, -0.2) is 29.0 Å². The summed E-state index contributed by atoms with van der Waals surface area (Å²) in [7, 11) is 0. The Hall–Kier alpha value is -2.60. The molecule has 1 aromatic carbocycles. The van der Waals surface area contributed by atoms with Crippen LogP contribution >= 0.6 is 11.3 Å². The second kappa shape index (κ2) is 9.90. The molecular weight excluding hydrogens is 418 g/mol. The number of anilines is 1. The van der Waals surface area contributed by atoms with Crippen LogP contribution in [0.5, 0.6) is 0 Å². The molecule has 4 rings (SSSR count). The molecule has 6 heteroatoms. The molecule has 1 fully saturated rings. The van der Waals surface area contributed by atoms with Crippen molar-refractivity contribution in [3.8, 4) is 0 Å². The van der Waals surface area contributed by atoms with Gasteiger partial charge in [-0.2, -0.15) is 0 Å². The van der Waals surface area contributed by atoms with Gasteiger partial charge in [0.1, 0.15) is 12.2 Å². The number of hydrogen-bond donors (Lipinski definition) is 1. The van der Waals surface area contributed by atoms with E-state index in [0.717, 1.165) is 28.7 Å². The van der Waals surface area contributed by atoms with E-state index in [2.05, 4.69) is 31.3 Å². The molecule has 1 saturated carbocycles. The van der Waals surface area contributed by atoms with Crippen molar-refractivity contribution in [2.45, 2.75) is 71.4 Å². The Morgan fingerprint density at radius 1 is 1.16 bits per heavy atom. The number of carbonyl (C=O) groups excluding carboxylic acids is 2. The maximum atomic E-state index is 13.4. The van der Waals surface area contributed by atoms with Gasteiger partial charge in [-0.3, -0.25) is 9.59 Å². The quantitative estimate of drug-likeness (QED) is 0.483. The van der Waals surface area contributed by atoms with Crippen LogP contribution in [0.15, 0.2) is 41.8 Å². The predicted molar refractivity (Wildman–Crippen MR) is 133 cm³/mol. The number of rotatable bonds is 7. The van der Waals surface area contributed by atoms with Crippen molar-refractivity contribution >= 4 is 39.1 Å². The summed E-state index contributed by atoms with van der Waals surface area (Å²) in [5, 5.41) is 5.23. The van der Waals surface area contributed by atoms with Crippen LogP contribution in [0.4, 0.5) is 5.69 Å². The molecule has 2 amide bonds. The molecule has 1 aliphatic carbocycles. The topological polar surface area (TPSA) is 54.3 Å². The number of aromatic nitrogens is 1. The average Bonchev–Trinajstić information content (AvgIpc) is 3.38. The van der Waals surface area contributed by atoms with Gasteiger partial charge in [-0.05, 0) is 60.9 Å². The number of likely N-dealkylation sites (N-methyl/N-ethyl adjacent to an activating group) is 1. The molecule has 0 radical (unpaired) electrons. The van der Waals surface area contributed by atoms with Gasteiger partial charge in [0.2, 0.25) is 5.91 Å². The molecule has 32 heavy (non-hydrogen) atoms. The number of nitrogens with zero attached hydrogens (tertiary/aromatic N) is 2. The maximum Gasteiger partial charge on any atom is 0.268 e. The van der Waals surface area contributed by atoms with Gasteiger partial charge in [-0.15, -0.1) is 11.3 Å². The lowest BCUT2D eigenvalue weighted by atomic mass is 9.95. The minimum absolute atomic E-state index is 0.0103. The first-order valence-electron chi connectivity index (χ1n) is 11.8. The Balaban J connectivity index is 1.59. The lowest BCUT2D eigenvalue weighted by molar-refractivity contribution is -0.119. The summed E-state index contributed by atoms with van der Waals surface area (Å²) in [5.74, 6) is 0.315. The molecule has 0 saturated heterocycles. The Bertz CT molecular complexity index is 1090. The highest BCUT2D eigenvalue weighted by Crippen LogP contribution is 2.27. The first-order chi connectivity index (χ1) is 15.5. The fraction of sp³-hybridized carbons (Fsp3) is 0.462. The molecule has 2 aromatic heterocycles. The van der Waals surface area contributed by atoms with Gasteiger partial charge in [0.25, 0.3) is 5.91 Å². The Morgan fingerprint density at radius 2 is 1.94 bits per heavy atom. The molecule has 0 unspecified atom stereocenters. The van der Waals surface area contributed by atoms with Crippen molar-refractivity contribution in [3.63, 3.8) is 0 Å². The zero-order chi connectivity index (χ0) is 22.7. The first kappa shape index (κ1) is 22.6. The van der Waals surface area contributed by atoms with Crippen molar-refractivity contribution in [2.75, 3.05) is 11.4 Å². The minimum Gasteiger partial charge on any atom is -0.348 e. The van der Waals surface area contributed by atoms with Crippen molar-refractivity contribution in [1.29, 1.82) is 0 Å². The van der Waals surface area contributed by atoms with Gasteiger partial charge in [0, 0.05) is 18.3 Å². The SMILES string of the molecule is CCN(C(=O)Cn1c(C(=O)NC2CCCCC2)cc2sccc21)c1cccc(C(C)C)c1. The Labute approximate surface area is 194 Å². The first-order valence-corrected chi connectivity index (χ1v) is 12.6. The molecule has 1 aliphatic rings. The van der Waals surface area contributed by atoms with Gasteiger partial charge >= 0.3 is 0 Å². The largest absolute Gasteiger partial charge is 0.348 e. The van der Waals surface area contributed by atoms with Crippen LogP contribution in [0.2, 0.25) is 0 Å². The molecule has 5 nitrogen and oxygen atoms in total. The number of fused-ring (bicyclic) bond motifs is 1. The van der Waals surface area contributed by atoms with E-state index in [1.54, 1.807) is 11.3 Å². The number of benzene rings is 1. The zero-order valence-corrected chi connectivity index (χ0v) is 20.1. The monoisotopic (exact) mass is 451 g/mol. The Kier molecular flexibility index (Phi) is 6.99. The van der Waals surface area contributed by atoms with Crippen molar-refractivity contribution < 1.29 is 9.59 Å². The third kappa shape index (κ3) is 4.75. The van der Waals surface area contributed by atoms with E-state index in [4.69, 9.17) is 0 Å². The molecule has 0 aliphatic heterocycles. The highest BCUT2D eigenvalue weighted by atomic mass is 32.1. The lowest BCUT2D eigenvalue weighted by Gasteiger charge is -2.24. The number of nitrogens with one attached hydrogen (secondary N) is 1. The number of thiophene rings is 1. The fourth-order valence-corrected chi connectivity index (χ4v) is 5.44. The van der Waals surface area contributed by atoms with E-state index >= 15 is 0 Å². The second-order valence-electron chi connectivity index (χ2n) is 8.98. The number of carbonyl (C=O) groups is 2. The van der Waals surface area contributed by atoms with Crippen molar-refractivity contribution in [3.05, 3.63) is 53.0 Å². The third-order valence-corrected chi connectivity index (χ3v) is 7.31. The van der Waals surface area contributed by atoms with Gasteiger partial charge in [0.05, 0.1) is 10.2 Å². The maximum absolute atomic E-state index is 13.4. The normalized spacial score (nSPS) is 14.8. The van der Waals surface area contributed by atoms with Crippen molar-refractivity contribution in [2.24, 2.45) is 0 Å².